The zero-order chi connectivity index (χ0) is 30.6. The summed E-state index contributed by atoms with van der Waals surface area (Å²) in [5.74, 6) is -3.01. The molecule has 0 spiro atoms. The van der Waals surface area contributed by atoms with Crippen molar-refractivity contribution in [3.63, 3.8) is 0 Å². The highest BCUT2D eigenvalue weighted by Gasteiger charge is 2.50. The molecule has 234 valence electrons. The van der Waals surface area contributed by atoms with Crippen LogP contribution in [0.25, 0.3) is 32.9 Å². The first-order chi connectivity index (χ1) is 21.8. The largest absolute Gasteiger partial charge is 0.508 e. The Morgan fingerprint density at radius 2 is 1.96 bits per heavy atom. The summed E-state index contributed by atoms with van der Waals surface area (Å²) in [4.78, 5) is 18.1. The third-order valence-electron chi connectivity index (χ3n) is 10.4. The van der Waals surface area contributed by atoms with Gasteiger partial charge in [0.25, 0.3) is 0 Å². The van der Waals surface area contributed by atoms with Crippen molar-refractivity contribution in [2.45, 2.75) is 61.9 Å². The second kappa shape index (κ2) is 9.76. The molecule has 2 N–H and O–H groups in total. The minimum atomic E-state index is -1.19. The van der Waals surface area contributed by atoms with Crippen molar-refractivity contribution in [2.24, 2.45) is 0 Å². The van der Waals surface area contributed by atoms with Crippen LogP contribution in [0.2, 0.25) is 0 Å². The molecule has 4 fully saturated rings. The van der Waals surface area contributed by atoms with Gasteiger partial charge in [-0.15, -0.1) is 0 Å². The maximum Gasteiger partial charge on any atom is 0.319 e. The number of benzene rings is 2. The van der Waals surface area contributed by atoms with Crippen molar-refractivity contribution < 1.29 is 32.1 Å². The molecule has 45 heavy (non-hydrogen) atoms. The fraction of sp³-hybridized carbons (Fsp3) is 0.469. The summed E-state index contributed by atoms with van der Waals surface area (Å²) in [6, 6.07) is 4.83. The third kappa shape index (κ3) is 4.09. The average molecular weight is 623 g/mol. The summed E-state index contributed by atoms with van der Waals surface area (Å²) >= 11 is 0. The minimum absolute atomic E-state index is 0.0538. The number of ether oxygens (including phenoxy) is 2. The van der Waals surface area contributed by atoms with Crippen molar-refractivity contribution in [3.05, 3.63) is 41.7 Å². The van der Waals surface area contributed by atoms with Crippen LogP contribution >= 0.6 is 0 Å². The van der Waals surface area contributed by atoms with E-state index < -0.39 is 29.2 Å². The van der Waals surface area contributed by atoms with Crippen LogP contribution in [-0.2, 0) is 0 Å². The number of nitrogens with one attached hydrogen (secondary N) is 1. The summed E-state index contributed by atoms with van der Waals surface area (Å²) in [6.45, 7) is 2.14. The lowest BCUT2D eigenvalue weighted by Crippen LogP contribution is -2.60. The molecule has 5 aliphatic heterocycles. The van der Waals surface area contributed by atoms with Gasteiger partial charge in [0.15, 0.2) is 17.5 Å². The lowest BCUT2D eigenvalue weighted by atomic mass is 9.95. The summed E-state index contributed by atoms with van der Waals surface area (Å²) in [6.07, 6.45) is 3.06. The fourth-order valence-corrected chi connectivity index (χ4v) is 8.38. The van der Waals surface area contributed by atoms with E-state index >= 15 is 8.78 Å². The molecule has 9 rings (SSSR count). The van der Waals surface area contributed by atoms with Gasteiger partial charge in [-0.3, -0.25) is 4.90 Å². The van der Waals surface area contributed by atoms with Gasteiger partial charge in [0.2, 0.25) is 5.88 Å². The molecule has 13 heteroatoms. The summed E-state index contributed by atoms with van der Waals surface area (Å²) in [7, 11) is 0. The zero-order valence-corrected chi connectivity index (χ0v) is 24.2. The maximum absolute atomic E-state index is 16.8. The average Bonchev–Trinajstić information content (AvgIpc) is 3.65. The van der Waals surface area contributed by atoms with E-state index in [1.165, 1.54) is 12.1 Å². The van der Waals surface area contributed by atoms with Crippen molar-refractivity contribution in [3.8, 4) is 28.9 Å². The first-order valence-electron chi connectivity index (χ1n) is 15.5. The lowest BCUT2D eigenvalue weighted by molar-refractivity contribution is 0.107. The van der Waals surface area contributed by atoms with Crippen molar-refractivity contribution >= 4 is 27.5 Å². The molecule has 2 aromatic carbocycles. The maximum atomic E-state index is 16.8. The smallest absolute Gasteiger partial charge is 0.319 e. The molecule has 0 saturated carbocycles. The number of aromatic nitrogens is 3. The topological polar surface area (TPSA) is 95.9 Å². The first-order valence-corrected chi connectivity index (χ1v) is 15.5. The molecule has 2 unspecified atom stereocenters. The minimum Gasteiger partial charge on any atom is -0.508 e. The van der Waals surface area contributed by atoms with Gasteiger partial charge in [-0.1, -0.05) is 6.07 Å². The van der Waals surface area contributed by atoms with Crippen LogP contribution in [0, 0.1) is 17.5 Å². The van der Waals surface area contributed by atoms with E-state index in [0.29, 0.717) is 25.3 Å². The normalized spacial score (nSPS) is 28.8. The van der Waals surface area contributed by atoms with Gasteiger partial charge in [0.1, 0.15) is 47.5 Å². The third-order valence-corrected chi connectivity index (χ3v) is 10.4. The highest BCUT2D eigenvalue weighted by atomic mass is 19.2. The molecule has 7 heterocycles. The number of piperazine rings is 1. The van der Waals surface area contributed by atoms with Gasteiger partial charge in [0.05, 0.1) is 11.6 Å². The number of halogens is 4. The number of nitrogens with zero attached hydrogens (tertiary/aromatic N) is 5. The Morgan fingerprint density at radius 1 is 1.07 bits per heavy atom. The quantitative estimate of drug-likeness (QED) is 0.316. The summed E-state index contributed by atoms with van der Waals surface area (Å²) < 4.78 is 73.5. The number of rotatable bonds is 4. The number of hydrogen-bond acceptors (Lipinski definition) is 9. The van der Waals surface area contributed by atoms with E-state index in [9.17, 15) is 13.9 Å². The van der Waals surface area contributed by atoms with Crippen LogP contribution in [0.15, 0.2) is 24.3 Å². The second-order valence-electron chi connectivity index (χ2n) is 13.0. The molecular weight excluding hydrogens is 592 g/mol. The predicted octanol–water partition coefficient (Wildman–Crippen LogP) is 4.62. The van der Waals surface area contributed by atoms with Crippen LogP contribution in [0.3, 0.4) is 0 Å². The molecule has 2 aromatic heterocycles. The van der Waals surface area contributed by atoms with E-state index in [1.807, 2.05) is 0 Å². The molecule has 4 saturated heterocycles. The Hall–Kier alpha value is -3.97. The number of pyridine rings is 1. The van der Waals surface area contributed by atoms with E-state index in [-0.39, 0.29) is 81.9 Å². The molecule has 0 aliphatic carbocycles. The number of aromatic hydroxyl groups is 1. The molecule has 4 aromatic rings. The molecule has 0 amide bonds. The molecule has 0 radical (unpaired) electrons. The van der Waals surface area contributed by atoms with Crippen LogP contribution in [-0.4, -0.2) is 87.6 Å². The predicted molar refractivity (Wildman–Crippen MR) is 157 cm³/mol. The zero-order valence-electron chi connectivity index (χ0n) is 24.2. The van der Waals surface area contributed by atoms with E-state index in [1.54, 1.807) is 0 Å². The van der Waals surface area contributed by atoms with Gasteiger partial charge in [0, 0.05) is 42.5 Å². The van der Waals surface area contributed by atoms with Crippen LogP contribution in [0.1, 0.15) is 32.1 Å². The highest BCUT2D eigenvalue weighted by molar-refractivity contribution is 6.02. The van der Waals surface area contributed by atoms with E-state index in [0.717, 1.165) is 44.4 Å². The summed E-state index contributed by atoms with van der Waals surface area (Å²) in [5.41, 5.74) is -1.12. The van der Waals surface area contributed by atoms with E-state index in [4.69, 9.17) is 14.5 Å². The second-order valence-corrected chi connectivity index (χ2v) is 13.0. The number of phenolic OH excluding ortho intramolecular Hbond substituents is 1. The van der Waals surface area contributed by atoms with Gasteiger partial charge < -0.3 is 24.8 Å². The van der Waals surface area contributed by atoms with Crippen molar-refractivity contribution in [2.75, 3.05) is 37.7 Å². The van der Waals surface area contributed by atoms with Gasteiger partial charge in [-0.25, -0.2) is 22.5 Å². The van der Waals surface area contributed by atoms with Crippen molar-refractivity contribution in [1.29, 1.82) is 0 Å². The van der Waals surface area contributed by atoms with Gasteiger partial charge in [-0.2, -0.15) is 9.97 Å². The summed E-state index contributed by atoms with van der Waals surface area (Å²) in [5, 5.41) is 14.3. The molecule has 9 nitrogen and oxygen atoms in total. The Kier molecular flexibility index (Phi) is 5.93. The standard InChI is InChI=1S/C32H30F4N6O3/c33-16-10-32(6-1-7-41(32)11-16)14-45-31-39-28-24-29(40-31)42-12-17-3-5-21(37-17)22(42)13-44-30(24)38-27(26(28)36)19-9-18(43)8-15-2-4-20(34)25(35)23(15)19/h2,4,8-9,16-17,21-22,37,43H,1,3,5-7,10-14H2/t16-,17?,21+,22+,32?/m1/s1. The Labute approximate surface area is 255 Å². The SMILES string of the molecule is Oc1cc(-c2nc3c4c(nc(OCC56CCCN5C[C@H](F)C6)nc4c2F)N2CC4CC[C@H](N4)[C@@H]2CO3)c2c(F)c(F)ccc2c1. The van der Waals surface area contributed by atoms with Crippen LogP contribution in [0.5, 0.6) is 17.6 Å². The van der Waals surface area contributed by atoms with Gasteiger partial charge >= 0.3 is 6.01 Å². The first kappa shape index (κ1) is 27.3. The molecule has 5 atom stereocenters. The number of phenols is 1. The Bertz CT molecular complexity index is 1900. The molecule has 2 bridgehead atoms. The number of alkyl halides is 1. The van der Waals surface area contributed by atoms with Crippen LogP contribution < -0.4 is 19.7 Å². The highest BCUT2D eigenvalue weighted by Crippen LogP contribution is 2.45. The Balaban J connectivity index is 1.24. The monoisotopic (exact) mass is 622 g/mol. The van der Waals surface area contributed by atoms with Crippen LogP contribution in [0.4, 0.5) is 23.4 Å². The van der Waals surface area contributed by atoms with Gasteiger partial charge in [-0.05, 0) is 55.8 Å². The number of fused-ring (bicyclic) bond motifs is 7. The molecule has 5 aliphatic rings. The fourth-order valence-electron chi connectivity index (χ4n) is 8.38. The van der Waals surface area contributed by atoms with E-state index in [2.05, 4.69) is 25.1 Å². The number of anilines is 1. The number of hydrogen-bond donors (Lipinski definition) is 2. The lowest BCUT2D eigenvalue weighted by Gasteiger charge is -2.40. The Morgan fingerprint density at radius 3 is 2.84 bits per heavy atom. The van der Waals surface area contributed by atoms with Crippen molar-refractivity contribution in [1.82, 2.24) is 25.2 Å². The molecular formula is C32H30F4N6O3.